The Kier molecular flexibility index (Phi) is 9.99. The van der Waals surface area contributed by atoms with Crippen molar-refractivity contribution in [2.24, 2.45) is 0 Å². The van der Waals surface area contributed by atoms with Crippen molar-refractivity contribution in [1.29, 1.82) is 0 Å². The first kappa shape index (κ1) is 25.8. The number of ether oxygens (including phenoxy) is 2. The van der Waals surface area contributed by atoms with Gasteiger partial charge in [-0.2, -0.15) is 13.2 Å². The van der Waals surface area contributed by atoms with Gasteiger partial charge in [-0.25, -0.2) is 0 Å². The van der Waals surface area contributed by atoms with Gasteiger partial charge in [-0.3, -0.25) is 4.79 Å². The van der Waals surface area contributed by atoms with Crippen LogP contribution in [0, 0.1) is 0 Å². The summed E-state index contributed by atoms with van der Waals surface area (Å²) in [6.07, 6.45) is -2.26. The Morgan fingerprint density at radius 1 is 1.06 bits per heavy atom. The highest BCUT2D eigenvalue weighted by Crippen LogP contribution is 2.37. The maximum atomic E-state index is 12.6. The number of carbonyl (C=O) groups excluding carboxylic acids is 1. The van der Waals surface area contributed by atoms with E-state index in [9.17, 15) is 18.0 Å². The molecule has 0 aliphatic heterocycles. The van der Waals surface area contributed by atoms with Crippen molar-refractivity contribution >= 4 is 61.0 Å². The number of rotatable bonds is 9. The third-order valence-electron chi connectivity index (χ3n) is 3.79. The first-order valence-electron chi connectivity index (χ1n) is 8.79. The van der Waals surface area contributed by atoms with E-state index in [0.717, 1.165) is 27.7 Å². The monoisotopic (exact) mass is 603 g/mol. The Labute approximate surface area is 203 Å². The Bertz CT molecular complexity index is 911. The molecular formula is C20H16Br2Cl2F3NO3. The van der Waals surface area contributed by atoms with E-state index < -0.39 is 17.6 Å². The van der Waals surface area contributed by atoms with Gasteiger partial charge in [0.25, 0.3) is 5.91 Å². The molecule has 0 aliphatic carbocycles. The highest BCUT2D eigenvalue weighted by Gasteiger charge is 2.30. The molecule has 2 aromatic rings. The Balaban J connectivity index is 1.79. The molecule has 0 spiro atoms. The third kappa shape index (κ3) is 8.56. The lowest BCUT2D eigenvalue weighted by atomic mass is 10.1. The highest BCUT2D eigenvalue weighted by molar-refractivity contribution is 9.28. The summed E-state index contributed by atoms with van der Waals surface area (Å²) in [5.41, 5.74) is -0.674. The van der Waals surface area contributed by atoms with E-state index in [1.165, 1.54) is 0 Å². The predicted molar refractivity (Wildman–Crippen MR) is 122 cm³/mol. The van der Waals surface area contributed by atoms with Crippen LogP contribution >= 0.6 is 55.1 Å². The van der Waals surface area contributed by atoms with Crippen molar-refractivity contribution in [3.8, 4) is 11.5 Å². The second-order valence-corrected chi connectivity index (χ2v) is 9.64. The van der Waals surface area contributed by atoms with Gasteiger partial charge in [-0.1, -0.05) is 23.2 Å². The number of alkyl halides is 3. The van der Waals surface area contributed by atoms with Gasteiger partial charge < -0.3 is 14.8 Å². The van der Waals surface area contributed by atoms with Crippen LogP contribution in [-0.2, 0) is 6.18 Å². The van der Waals surface area contributed by atoms with Gasteiger partial charge in [0.2, 0.25) is 0 Å². The topological polar surface area (TPSA) is 47.6 Å². The zero-order valence-corrected chi connectivity index (χ0v) is 20.4. The molecule has 0 saturated carbocycles. The lowest BCUT2D eigenvalue weighted by Gasteiger charge is -2.12. The quantitative estimate of drug-likeness (QED) is 0.307. The summed E-state index contributed by atoms with van der Waals surface area (Å²) in [6.45, 7) is 0.771. The number of benzene rings is 2. The summed E-state index contributed by atoms with van der Waals surface area (Å²) in [5.74, 6) is 0.293. The Hall–Kier alpha value is -1.42. The van der Waals surface area contributed by atoms with Crippen LogP contribution in [0.25, 0.3) is 0 Å². The van der Waals surface area contributed by atoms with E-state index in [1.807, 2.05) is 0 Å². The van der Waals surface area contributed by atoms with Crippen molar-refractivity contribution < 1.29 is 27.4 Å². The molecule has 1 N–H and O–H groups in total. The molecule has 31 heavy (non-hydrogen) atoms. The van der Waals surface area contributed by atoms with Crippen LogP contribution in [0.3, 0.4) is 0 Å². The minimum absolute atomic E-state index is 0.136. The Morgan fingerprint density at radius 2 is 1.68 bits per heavy atom. The zero-order valence-electron chi connectivity index (χ0n) is 15.7. The molecule has 0 unspecified atom stereocenters. The fourth-order valence-electron chi connectivity index (χ4n) is 2.32. The van der Waals surface area contributed by atoms with Gasteiger partial charge in [0, 0.05) is 24.2 Å². The van der Waals surface area contributed by atoms with Crippen molar-refractivity contribution in [1.82, 2.24) is 5.32 Å². The van der Waals surface area contributed by atoms with Gasteiger partial charge in [-0.15, -0.1) is 0 Å². The normalized spacial score (nSPS) is 11.1. The summed E-state index contributed by atoms with van der Waals surface area (Å²) in [5, 5.41) is 3.17. The number of hydrogen-bond donors (Lipinski definition) is 1. The first-order chi connectivity index (χ1) is 14.6. The van der Waals surface area contributed by atoms with Gasteiger partial charge in [0.15, 0.2) is 5.75 Å². The number of carbonyl (C=O) groups is 1. The van der Waals surface area contributed by atoms with E-state index in [1.54, 1.807) is 18.2 Å². The second kappa shape index (κ2) is 12.0. The number of amides is 1. The smallest absolute Gasteiger partial charge is 0.416 e. The van der Waals surface area contributed by atoms with Gasteiger partial charge in [0.1, 0.15) is 12.4 Å². The maximum Gasteiger partial charge on any atom is 0.416 e. The van der Waals surface area contributed by atoms with Crippen LogP contribution in [0.5, 0.6) is 11.5 Å². The molecule has 2 aromatic carbocycles. The minimum atomic E-state index is -4.44. The van der Waals surface area contributed by atoms with Crippen LogP contribution < -0.4 is 14.8 Å². The van der Waals surface area contributed by atoms with Crippen LogP contribution in [0.2, 0.25) is 10.0 Å². The molecule has 11 heteroatoms. The summed E-state index contributed by atoms with van der Waals surface area (Å²) >= 11 is 18.8. The molecule has 4 nitrogen and oxygen atoms in total. The van der Waals surface area contributed by atoms with Crippen LogP contribution in [0.15, 0.2) is 45.9 Å². The average molecular weight is 606 g/mol. The van der Waals surface area contributed by atoms with Crippen molar-refractivity contribution in [2.45, 2.75) is 12.6 Å². The van der Waals surface area contributed by atoms with Gasteiger partial charge >= 0.3 is 6.18 Å². The molecule has 0 fully saturated rings. The number of hydrogen-bond acceptors (Lipinski definition) is 3. The van der Waals surface area contributed by atoms with Crippen molar-refractivity contribution in [2.75, 3.05) is 19.8 Å². The molecule has 0 bridgehead atoms. The summed E-state index contributed by atoms with van der Waals surface area (Å²) < 4.78 is 49.5. The highest BCUT2D eigenvalue weighted by atomic mass is 79.9. The summed E-state index contributed by atoms with van der Waals surface area (Å²) in [4.78, 5) is 12.0. The van der Waals surface area contributed by atoms with Crippen LogP contribution in [-0.4, -0.2) is 25.7 Å². The molecule has 0 heterocycles. The minimum Gasteiger partial charge on any atom is -0.490 e. The molecular weight excluding hydrogens is 590 g/mol. The van der Waals surface area contributed by atoms with Crippen molar-refractivity contribution in [3.05, 3.63) is 67.0 Å². The van der Waals surface area contributed by atoms with Gasteiger partial charge in [0.05, 0.1) is 25.6 Å². The van der Waals surface area contributed by atoms with E-state index in [2.05, 4.69) is 37.2 Å². The largest absolute Gasteiger partial charge is 0.490 e. The lowest BCUT2D eigenvalue weighted by Crippen LogP contribution is -2.25. The fourth-order valence-corrected chi connectivity index (χ4v) is 3.16. The predicted octanol–water partition coefficient (Wildman–Crippen LogP) is 7.22. The molecule has 0 saturated heterocycles. The van der Waals surface area contributed by atoms with Crippen molar-refractivity contribution in [3.63, 3.8) is 0 Å². The SMILES string of the molecule is O=C(NCCCOc1c(Cl)cc(OCC=C(Br)Br)cc1Cl)c1ccc(C(F)(F)F)cc1. The van der Waals surface area contributed by atoms with Crippen LogP contribution in [0.4, 0.5) is 13.2 Å². The first-order valence-corrected chi connectivity index (χ1v) is 11.1. The van der Waals surface area contributed by atoms with E-state index in [4.69, 9.17) is 32.7 Å². The van der Waals surface area contributed by atoms with E-state index >= 15 is 0 Å². The third-order valence-corrected chi connectivity index (χ3v) is 5.00. The molecule has 2 rings (SSSR count). The molecule has 168 valence electrons. The molecule has 0 atom stereocenters. The second-order valence-electron chi connectivity index (χ2n) is 6.05. The standard InChI is InChI=1S/C20H16Br2Cl2F3NO3/c21-17(22)6-9-30-14-10-15(23)18(16(24)11-14)31-8-1-7-28-19(29)12-2-4-13(5-3-12)20(25,26)27/h2-6,10-11H,1,7-9H2,(H,28,29). The summed E-state index contributed by atoms with van der Waals surface area (Å²) in [7, 11) is 0. The molecule has 0 aromatic heterocycles. The number of nitrogens with one attached hydrogen (secondary N) is 1. The average Bonchev–Trinajstić information content (AvgIpc) is 2.68. The molecule has 0 aliphatic rings. The van der Waals surface area contributed by atoms with Crippen LogP contribution in [0.1, 0.15) is 22.3 Å². The molecule has 0 radical (unpaired) electrons. The zero-order chi connectivity index (χ0) is 23.0. The Morgan fingerprint density at radius 3 is 2.23 bits per heavy atom. The van der Waals surface area contributed by atoms with E-state index in [-0.39, 0.29) is 28.8 Å². The summed E-state index contributed by atoms with van der Waals surface area (Å²) in [6, 6.07) is 7.14. The number of halogens is 7. The molecule has 1 amide bonds. The maximum absolute atomic E-state index is 12.6. The van der Waals surface area contributed by atoms with E-state index in [0.29, 0.717) is 24.5 Å². The lowest BCUT2D eigenvalue weighted by molar-refractivity contribution is -0.137. The van der Waals surface area contributed by atoms with Gasteiger partial charge in [-0.05, 0) is 68.6 Å². The fraction of sp³-hybridized carbons (Fsp3) is 0.250.